The molecule has 0 spiro atoms. The van der Waals surface area contributed by atoms with Crippen molar-refractivity contribution >= 4 is 23.9 Å². The summed E-state index contributed by atoms with van der Waals surface area (Å²) in [6.45, 7) is 0. The zero-order valence-electron chi connectivity index (χ0n) is 12.9. The van der Waals surface area contributed by atoms with Crippen LogP contribution in [-0.4, -0.2) is 60.9 Å². The molecular formula is C10H19N2NaO9. The second-order valence-corrected chi connectivity index (χ2v) is 4.59. The van der Waals surface area contributed by atoms with Gasteiger partial charge in [-0.1, -0.05) is 0 Å². The first-order valence-electron chi connectivity index (χ1n) is 5.37. The third-order valence-corrected chi connectivity index (χ3v) is 2.86. The standard InChI is InChI=1S/C10H16N2O8.Na.H2O.H/c11-9(1-5(13)14,2-6(15)16)10(12,3-7(17)18)4-8(19)20;;;/h1-4,11-12H2,(H,13,14)(H,15,16)(H,17,18)(H,19,20);;1H2;/q;+1;;-1. The van der Waals surface area contributed by atoms with Crippen LogP contribution in [0.15, 0.2) is 0 Å². The second kappa shape index (κ2) is 9.71. The van der Waals surface area contributed by atoms with E-state index in [-0.39, 0.29) is 36.5 Å². The molecule has 0 radical (unpaired) electrons. The van der Waals surface area contributed by atoms with Crippen molar-refractivity contribution in [3.8, 4) is 0 Å². The summed E-state index contributed by atoms with van der Waals surface area (Å²) >= 11 is 0. The second-order valence-electron chi connectivity index (χ2n) is 4.59. The summed E-state index contributed by atoms with van der Waals surface area (Å²) in [5.41, 5.74) is 6.88. The molecular weight excluding hydrogens is 315 g/mol. The van der Waals surface area contributed by atoms with Crippen molar-refractivity contribution in [1.82, 2.24) is 0 Å². The normalized spacial score (nSPS) is 10.8. The third-order valence-electron chi connectivity index (χ3n) is 2.86. The molecule has 0 aromatic heterocycles. The summed E-state index contributed by atoms with van der Waals surface area (Å²) in [5, 5.41) is 35.1. The first-order chi connectivity index (χ1) is 8.92. The summed E-state index contributed by atoms with van der Waals surface area (Å²) in [4.78, 5) is 43.2. The van der Waals surface area contributed by atoms with E-state index < -0.39 is 60.6 Å². The van der Waals surface area contributed by atoms with Crippen molar-refractivity contribution in [3.05, 3.63) is 0 Å². The number of carbonyl (C=O) groups is 4. The molecule has 0 heterocycles. The average Bonchev–Trinajstić information content (AvgIpc) is 2.10. The molecule has 0 aromatic carbocycles. The third kappa shape index (κ3) is 7.68. The summed E-state index contributed by atoms with van der Waals surface area (Å²) in [6.07, 6.45) is -3.90. The molecule has 0 unspecified atom stereocenters. The molecule has 0 rings (SSSR count). The summed E-state index contributed by atoms with van der Waals surface area (Å²) in [6, 6.07) is 0. The fourth-order valence-electron chi connectivity index (χ4n) is 1.91. The smallest absolute Gasteiger partial charge is 1.00 e. The topological polar surface area (TPSA) is 233 Å². The van der Waals surface area contributed by atoms with Gasteiger partial charge in [0.05, 0.1) is 36.8 Å². The van der Waals surface area contributed by atoms with Gasteiger partial charge in [-0.3, -0.25) is 19.2 Å². The molecule has 12 heteroatoms. The number of hydrogen-bond acceptors (Lipinski definition) is 6. The van der Waals surface area contributed by atoms with E-state index in [1.165, 1.54) is 0 Å². The van der Waals surface area contributed by atoms with Crippen molar-refractivity contribution < 1.29 is 76.1 Å². The quantitative estimate of drug-likeness (QED) is 0.219. The molecule has 0 fully saturated rings. The molecule has 0 aliphatic carbocycles. The number of rotatable bonds is 9. The molecule has 124 valence electrons. The Kier molecular flexibility index (Phi) is 11.3. The molecule has 0 atom stereocenters. The Bertz CT molecular complexity index is 374. The number of hydrogen-bond donors (Lipinski definition) is 6. The molecule has 0 aromatic rings. The summed E-state index contributed by atoms with van der Waals surface area (Å²) in [7, 11) is 0. The zero-order chi connectivity index (χ0) is 16.1. The fourth-order valence-corrected chi connectivity index (χ4v) is 1.91. The van der Waals surface area contributed by atoms with Gasteiger partial charge in [-0.15, -0.1) is 0 Å². The number of carboxylic acids is 4. The molecule has 10 N–H and O–H groups in total. The van der Waals surface area contributed by atoms with Gasteiger partial charge >= 0.3 is 53.4 Å². The van der Waals surface area contributed by atoms with Crippen molar-refractivity contribution in [2.45, 2.75) is 36.8 Å². The minimum Gasteiger partial charge on any atom is -1.00 e. The van der Waals surface area contributed by atoms with Gasteiger partial charge in [-0.05, 0) is 0 Å². The van der Waals surface area contributed by atoms with Crippen molar-refractivity contribution in [3.63, 3.8) is 0 Å². The fraction of sp³-hybridized carbons (Fsp3) is 0.600. The van der Waals surface area contributed by atoms with Crippen LogP contribution in [0.3, 0.4) is 0 Å². The van der Waals surface area contributed by atoms with Gasteiger partial charge in [0.2, 0.25) is 0 Å². The van der Waals surface area contributed by atoms with Gasteiger partial charge in [-0.2, -0.15) is 0 Å². The summed E-state index contributed by atoms with van der Waals surface area (Å²) < 4.78 is 0. The van der Waals surface area contributed by atoms with Gasteiger partial charge < -0.3 is 38.8 Å². The Balaban J connectivity index is -0.000000602. The van der Waals surface area contributed by atoms with E-state index in [0.717, 1.165) is 0 Å². The average molecular weight is 334 g/mol. The van der Waals surface area contributed by atoms with E-state index in [9.17, 15) is 19.2 Å². The van der Waals surface area contributed by atoms with Gasteiger partial charge in [-0.25, -0.2) is 0 Å². The molecule has 0 saturated heterocycles. The maximum absolute atomic E-state index is 10.8. The van der Waals surface area contributed by atoms with E-state index in [2.05, 4.69) is 0 Å². The Morgan fingerprint density at radius 2 is 0.818 bits per heavy atom. The van der Waals surface area contributed by atoms with Crippen molar-refractivity contribution in [2.75, 3.05) is 0 Å². The van der Waals surface area contributed by atoms with Crippen LogP contribution in [0.2, 0.25) is 0 Å². The predicted molar refractivity (Wildman–Crippen MR) is 67.6 cm³/mol. The van der Waals surface area contributed by atoms with E-state index in [0.29, 0.717) is 0 Å². The van der Waals surface area contributed by atoms with Crippen LogP contribution in [0.25, 0.3) is 0 Å². The molecule has 0 amide bonds. The van der Waals surface area contributed by atoms with Crippen molar-refractivity contribution in [1.29, 1.82) is 0 Å². The Hall–Kier alpha value is -1.24. The Morgan fingerprint density at radius 1 is 0.682 bits per heavy atom. The van der Waals surface area contributed by atoms with Crippen LogP contribution in [0.1, 0.15) is 27.1 Å². The molecule has 0 bridgehead atoms. The van der Waals surface area contributed by atoms with E-state index in [1.54, 1.807) is 0 Å². The molecule has 22 heavy (non-hydrogen) atoms. The van der Waals surface area contributed by atoms with Gasteiger partial charge in [0.15, 0.2) is 0 Å². The van der Waals surface area contributed by atoms with Gasteiger partial charge in [0, 0.05) is 0 Å². The molecule has 0 aliphatic heterocycles. The molecule has 11 nitrogen and oxygen atoms in total. The van der Waals surface area contributed by atoms with E-state index in [1.807, 2.05) is 0 Å². The first kappa shape index (κ1) is 25.7. The Morgan fingerprint density at radius 3 is 0.909 bits per heavy atom. The van der Waals surface area contributed by atoms with Gasteiger partial charge in [0.25, 0.3) is 0 Å². The predicted octanol–water partition coefficient (Wildman–Crippen LogP) is -5.43. The molecule has 0 aliphatic rings. The number of aliphatic carboxylic acids is 4. The van der Waals surface area contributed by atoms with Crippen LogP contribution in [0.5, 0.6) is 0 Å². The summed E-state index contributed by atoms with van der Waals surface area (Å²) in [5.74, 6) is -6.06. The van der Waals surface area contributed by atoms with Gasteiger partial charge in [0.1, 0.15) is 0 Å². The minimum absolute atomic E-state index is 0. The number of carboxylic acid groups (broad SMARTS) is 4. The van der Waals surface area contributed by atoms with E-state index >= 15 is 0 Å². The van der Waals surface area contributed by atoms with Crippen LogP contribution >= 0.6 is 0 Å². The van der Waals surface area contributed by atoms with Crippen LogP contribution in [0.4, 0.5) is 0 Å². The van der Waals surface area contributed by atoms with Crippen LogP contribution in [0, 0.1) is 0 Å². The maximum Gasteiger partial charge on any atom is 1.00 e. The molecule has 0 saturated carbocycles. The largest absolute Gasteiger partial charge is 1.00 e. The maximum atomic E-state index is 10.8. The van der Waals surface area contributed by atoms with E-state index in [4.69, 9.17) is 31.9 Å². The monoisotopic (exact) mass is 334 g/mol. The zero-order valence-corrected chi connectivity index (χ0v) is 13.9. The first-order valence-corrected chi connectivity index (χ1v) is 5.37. The number of nitrogens with two attached hydrogens (primary N) is 2. The Labute approximate surface area is 148 Å². The van der Waals surface area contributed by atoms with Crippen molar-refractivity contribution in [2.24, 2.45) is 11.5 Å². The van der Waals surface area contributed by atoms with Crippen LogP contribution < -0.4 is 41.0 Å². The van der Waals surface area contributed by atoms with Crippen LogP contribution in [-0.2, 0) is 19.2 Å². The minimum atomic E-state index is -2.22. The SMILES string of the molecule is NC(CC(=O)O)(CC(=O)O)C(N)(CC(=O)O)CC(=O)O.O.[H-].[Na+].